The zero-order valence-corrected chi connectivity index (χ0v) is 29.8. The van der Waals surface area contributed by atoms with Gasteiger partial charge in [0.1, 0.15) is 0 Å². The van der Waals surface area contributed by atoms with Gasteiger partial charge in [0.15, 0.2) is 0 Å². The van der Waals surface area contributed by atoms with E-state index >= 15 is 0 Å². The molecule has 0 radical (unpaired) electrons. The van der Waals surface area contributed by atoms with Crippen molar-refractivity contribution in [3.05, 3.63) is 71.8 Å². The molecule has 0 N–H and O–H groups in total. The average molecular weight is 641 g/mol. The van der Waals surface area contributed by atoms with Crippen LogP contribution in [0.25, 0.3) is 0 Å². The van der Waals surface area contributed by atoms with Crippen molar-refractivity contribution in [1.29, 1.82) is 0 Å². The highest BCUT2D eigenvalue weighted by Gasteiger charge is 2.53. The van der Waals surface area contributed by atoms with Gasteiger partial charge in [-0.15, -0.1) is 0 Å². The number of benzene rings is 2. The summed E-state index contributed by atoms with van der Waals surface area (Å²) in [5, 5.41) is 0. The minimum Gasteiger partial charge on any atom is -0.374 e. The summed E-state index contributed by atoms with van der Waals surface area (Å²) in [5.74, 6) is 3.21. The van der Waals surface area contributed by atoms with Crippen LogP contribution in [0.4, 0.5) is 0 Å². The summed E-state index contributed by atoms with van der Waals surface area (Å²) in [6.45, 7) is 16.6. The molecule has 4 rings (SSSR count). The van der Waals surface area contributed by atoms with E-state index in [1.165, 1.54) is 12.8 Å². The van der Waals surface area contributed by atoms with Gasteiger partial charge in [0, 0.05) is 0 Å². The van der Waals surface area contributed by atoms with Crippen LogP contribution in [0.5, 0.6) is 0 Å². The molecular formula is C38H60O6Si. The van der Waals surface area contributed by atoms with Crippen molar-refractivity contribution in [1.82, 2.24) is 0 Å². The van der Waals surface area contributed by atoms with Crippen molar-refractivity contribution < 1.29 is 27.2 Å². The van der Waals surface area contributed by atoms with Crippen LogP contribution < -0.4 is 0 Å². The maximum atomic E-state index is 7.16. The molecule has 0 bridgehead atoms. The van der Waals surface area contributed by atoms with Crippen LogP contribution in [0.2, 0.25) is 0 Å². The normalized spacial score (nSPS) is 26.0. The van der Waals surface area contributed by atoms with Crippen molar-refractivity contribution in [2.45, 2.75) is 105 Å². The number of ether oxygens (including phenoxy) is 2. The lowest BCUT2D eigenvalue weighted by Crippen LogP contribution is -2.57. The summed E-state index contributed by atoms with van der Waals surface area (Å²) in [5.41, 5.74) is 2.29. The molecule has 2 aliphatic carbocycles. The van der Waals surface area contributed by atoms with Gasteiger partial charge in [0.25, 0.3) is 0 Å². The topological polar surface area (TPSA) is 55.4 Å². The van der Waals surface area contributed by atoms with Crippen molar-refractivity contribution in [3.8, 4) is 0 Å². The molecule has 45 heavy (non-hydrogen) atoms. The fourth-order valence-electron chi connectivity index (χ4n) is 6.89. The molecule has 2 aromatic rings. The summed E-state index contributed by atoms with van der Waals surface area (Å²) in [7, 11) is -3.61. The summed E-state index contributed by atoms with van der Waals surface area (Å²) in [4.78, 5) is 0. The maximum absolute atomic E-state index is 7.16. The highest BCUT2D eigenvalue weighted by molar-refractivity contribution is 6.53. The smallest absolute Gasteiger partial charge is 0.374 e. The molecule has 6 unspecified atom stereocenters. The van der Waals surface area contributed by atoms with Gasteiger partial charge < -0.3 is 27.2 Å². The van der Waals surface area contributed by atoms with Crippen LogP contribution in [-0.2, 0) is 40.4 Å². The van der Waals surface area contributed by atoms with E-state index in [0.717, 1.165) is 36.8 Å². The lowest BCUT2D eigenvalue weighted by atomic mass is 9.75. The molecule has 2 fully saturated rings. The predicted molar refractivity (Wildman–Crippen MR) is 182 cm³/mol. The second-order valence-electron chi connectivity index (χ2n) is 14.2. The van der Waals surface area contributed by atoms with E-state index in [1.807, 2.05) is 36.4 Å². The molecule has 0 spiro atoms. The molecule has 6 atom stereocenters. The van der Waals surface area contributed by atoms with Crippen LogP contribution in [0.1, 0.15) is 91.2 Å². The van der Waals surface area contributed by atoms with Gasteiger partial charge in [-0.05, 0) is 78.7 Å². The average Bonchev–Trinajstić information content (AvgIpc) is 3.02. The Hall–Kier alpha value is -1.58. The molecule has 252 valence electrons. The Bertz CT molecular complexity index is 1020. The molecule has 2 saturated carbocycles. The minimum atomic E-state index is -3.61. The Morgan fingerprint density at radius 1 is 0.622 bits per heavy atom. The van der Waals surface area contributed by atoms with Crippen LogP contribution in [0.15, 0.2) is 60.7 Å². The van der Waals surface area contributed by atoms with E-state index in [4.69, 9.17) is 27.2 Å². The highest BCUT2D eigenvalue weighted by atomic mass is 28.4. The van der Waals surface area contributed by atoms with Crippen molar-refractivity contribution in [2.24, 2.45) is 35.5 Å². The van der Waals surface area contributed by atoms with Gasteiger partial charge in [-0.25, -0.2) is 0 Å². The Morgan fingerprint density at radius 2 is 1.18 bits per heavy atom. The van der Waals surface area contributed by atoms with E-state index in [-0.39, 0.29) is 12.2 Å². The third kappa shape index (κ3) is 11.9. The molecule has 0 aromatic heterocycles. The van der Waals surface area contributed by atoms with Gasteiger partial charge in [-0.1, -0.05) is 109 Å². The van der Waals surface area contributed by atoms with Crippen LogP contribution in [0.3, 0.4) is 0 Å². The number of rotatable bonds is 18. The van der Waals surface area contributed by atoms with E-state index in [2.05, 4.69) is 65.8 Å². The number of hydrogen-bond acceptors (Lipinski definition) is 6. The first-order chi connectivity index (χ1) is 21.7. The zero-order chi connectivity index (χ0) is 32.1. The predicted octanol–water partition coefficient (Wildman–Crippen LogP) is 8.84. The summed E-state index contributed by atoms with van der Waals surface area (Å²) >= 11 is 0. The SMILES string of the molecule is CC1CCC(C(C)C)C(O[Si](OCCOCc2ccccc2)(OCCOCc2ccccc2)OC2CC(C(C)C)CCC2C)C1. The number of hydrogen-bond donors (Lipinski definition) is 0. The van der Waals surface area contributed by atoms with Crippen molar-refractivity contribution >= 4 is 9.05 Å². The maximum Gasteiger partial charge on any atom is 0.680 e. The Morgan fingerprint density at radius 3 is 1.71 bits per heavy atom. The van der Waals surface area contributed by atoms with Crippen LogP contribution in [0, 0.1) is 35.5 Å². The summed E-state index contributed by atoms with van der Waals surface area (Å²) < 4.78 is 39.8. The lowest BCUT2D eigenvalue weighted by Gasteiger charge is -2.44. The first-order valence-corrected chi connectivity index (χ1v) is 19.2. The third-order valence-corrected chi connectivity index (χ3v) is 12.2. The Kier molecular flexibility index (Phi) is 15.0. The van der Waals surface area contributed by atoms with Gasteiger partial charge in [0.05, 0.1) is 51.8 Å². The largest absolute Gasteiger partial charge is 0.680 e. The van der Waals surface area contributed by atoms with Crippen molar-refractivity contribution in [2.75, 3.05) is 26.4 Å². The zero-order valence-electron chi connectivity index (χ0n) is 28.8. The molecular weight excluding hydrogens is 580 g/mol. The van der Waals surface area contributed by atoms with Gasteiger partial charge in [-0.2, -0.15) is 0 Å². The molecule has 2 aromatic carbocycles. The standard InChI is InChI=1S/C38H60O6Si/c1-29(2)35-19-18-32(6)37(26-35)43-45(41-23-21-39-27-33-13-9-7-10-14-33,42-24-22-40-28-34-15-11-8-12-16-34)44-38-25-31(5)17-20-36(38)30(3)4/h7-16,29-32,35-38H,17-28H2,1-6H3. The molecule has 2 aliphatic rings. The van der Waals surface area contributed by atoms with E-state index in [1.54, 1.807) is 0 Å². The third-order valence-electron chi connectivity index (χ3n) is 9.89. The molecule has 0 heterocycles. The fourth-order valence-corrected chi connectivity index (χ4v) is 9.31. The van der Waals surface area contributed by atoms with Gasteiger partial charge in [-0.3, -0.25) is 0 Å². The summed E-state index contributed by atoms with van der Waals surface area (Å²) in [6, 6.07) is 20.5. The first-order valence-electron chi connectivity index (χ1n) is 17.6. The molecule has 7 heteroatoms. The fraction of sp³-hybridized carbons (Fsp3) is 0.684. The highest BCUT2D eigenvalue weighted by Crippen LogP contribution is 2.40. The second-order valence-corrected chi connectivity index (χ2v) is 16.3. The van der Waals surface area contributed by atoms with Crippen LogP contribution in [-0.4, -0.2) is 47.7 Å². The lowest BCUT2D eigenvalue weighted by molar-refractivity contribution is -0.123. The Balaban J connectivity index is 1.51. The van der Waals surface area contributed by atoms with Gasteiger partial charge in [0.2, 0.25) is 0 Å². The quantitative estimate of drug-likeness (QED) is 0.120. The van der Waals surface area contributed by atoms with Gasteiger partial charge >= 0.3 is 9.05 Å². The van der Waals surface area contributed by atoms with Crippen molar-refractivity contribution in [3.63, 3.8) is 0 Å². The van der Waals surface area contributed by atoms with Crippen LogP contribution >= 0.6 is 0 Å². The monoisotopic (exact) mass is 640 g/mol. The van der Waals surface area contributed by atoms with E-state index < -0.39 is 9.05 Å². The molecule has 0 saturated heterocycles. The molecule has 0 amide bonds. The first kappa shape index (κ1) is 36.3. The molecule has 6 nitrogen and oxygen atoms in total. The second kappa shape index (κ2) is 18.7. The van der Waals surface area contributed by atoms with E-state index in [9.17, 15) is 0 Å². The molecule has 0 aliphatic heterocycles. The summed E-state index contributed by atoms with van der Waals surface area (Å²) in [6.07, 6.45) is 6.85. The minimum absolute atomic E-state index is 0.0341. The Labute approximate surface area is 275 Å². The van der Waals surface area contributed by atoms with E-state index in [0.29, 0.717) is 75.1 Å².